The first-order valence-corrected chi connectivity index (χ1v) is 11.5. The average Bonchev–Trinajstić information content (AvgIpc) is 3.44. The average molecular weight is 479 g/mol. The maximum absolute atomic E-state index is 13.7. The maximum Gasteiger partial charge on any atom is 0.253 e. The van der Waals surface area contributed by atoms with Crippen LogP contribution < -0.4 is 5.73 Å². The van der Waals surface area contributed by atoms with Gasteiger partial charge < -0.3 is 15.5 Å². The topological polar surface area (TPSA) is 79.5 Å². The monoisotopic (exact) mass is 478 g/mol. The Kier molecular flexibility index (Phi) is 5.62. The van der Waals surface area contributed by atoms with Crippen LogP contribution in [0.3, 0.4) is 0 Å². The van der Waals surface area contributed by atoms with Crippen LogP contribution in [0.25, 0.3) is 22.5 Å². The van der Waals surface area contributed by atoms with E-state index >= 15 is 0 Å². The molecule has 0 unspecified atom stereocenters. The summed E-state index contributed by atoms with van der Waals surface area (Å²) < 4.78 is 13.7. The highest BCUT2D eigenvalue weighted by atomic mass is 35.5. The molecule has 174 valence electrons. The van der Waals surface area contributed by atoms with E-state index in [1.54, 1.807) is 12.1 Å². The van der Waals surface area contributed by atoms with Gasteiger partial charge in [-0.2, -0.15) is 0 Å². The lowest BCUT2D eigenvalue weighted by Gasteiger charge is -2.20. The molecule has 1 saturated heterocycles. The number of fused-ring (bicyclic) bond motifs is 3. The van der Waals surface area contributed by atoms with Crippen LogP contribution in [0.2, 0.25) is 5.02 Å². The van der Waals surface area contributed by atoms with Gasteiger partial charge in [-0.3, -0.25) is 9.59 Å². The summed E-state index contributed by atoms with van der Waals surface area (Å²) in [6.07, 6.45) is 1.42. The van der Waals surface area contributed by atoms with Gasteiger partial charge in [-0.1, -0.05) is 17.7 Å². The molecule has 1 aliphatic heterocycles. The highest BCUT2D eigenvalue weighted by Crippen LogP contribution is 2.40. The number of aromatic nitrogens is 1. The van der Waals surface area contributed by atoms with E-state index in [2.05, 4.69) is 4.90 Å². The van der Waals surface area contributed by atoms with Crippen molar-refractivity contribution in [2.24, 2.45) is 5.73 Å². The number of likely N-dealkylation sites (N-methyl/N-ethyl adjacent to an activating group) is 1. The Morgan fingerprint density at radius 1 is 1.18 bits per heavy atom. The molecule has 3 aromatic rings. The smallest absolute Gasteiger partial charge is 0.253 e. The Balaban J connectivity index is 1.51. The van der Waals surface area contributed by atoms with E-state index in [-0.39, 0.29) is 10.9 Å². The van der Waals surface area contributed by atoms with Crippen molar-refractivity contribution in [3.63, 3.8) is 0 Å². The molecule has 2 heterocycles. The van der Waals surface area contributed by atoms with E-state index in [0.29, 0.717) is 47.1 Å². The Labute approximate surface area is 202 Å². The van der Waals surface area contributed by atoms with E-state index in [1.807, 2.05) is 37.2 Å². The summed E-state index contributed by atoms with van der Waals surface area (Å²) in [4.78, 5) is 34.2. The van der Waals surface area contributed by atoms with Gasteiger partial charge in [0.25, 0.3) is 5.91 Å². The summed E-state index contributed by atoms with van der Waals surface area (Å²) in [6, 6.07) is 11.9. The second-order valence-corrected chi connectivity index (χ2v) is 9.49. The highest BCUT2D eigenvalue weighted by molar-refractivity contribution is 6.31. The van der Waals surface area contributed by atoms with Crippen molar-refractivity contribution in [2.75, 3.05) is 27.2 Å². The zero-order chi connectivity index (χ0) is 24.1. The van der Waals surface area contributed by atoms with E-state index in [9.17, 15) is 14.0 Å². The lowest BCUT2D eigenvalue weighted by Crippen LogP contribution is -2.34. The molecule has 0 saturated carbocycles. The first kappa shape index (κ1) is 22.5. The van der Waals surface area contributed by atoms with E-state index in [1.165, 1.54) is 12.1 Å². The molecule has 1 atom stereocenters. The van der Waals surface area contributed by atoms with Gasteiger partial charge in [-0.25, -0.2) is 9.37 Å². The summed E-state index contributed by atoms with van der Waals surface area (Å²) in [5, 5.41) is -0.0256. The van der Waals surface area contributed by atoms with E-state index < -0.39 is 11.7 Å². The van der Waals surface area contributed by atoms with Crippen LogP contribution in [0.4, 0.5) is 4.39 Å². The van der Waals surface area contributed by atoms with Crippen molar-refractivity contribution in [1.82, 2.24) is 14.8 Å². The standard InChI is InChI=1S/C26H24ClFN4O2/c1-31(2)17-7-8-32(13-17)26(34)15-3-5-18-16(9-15)10-19-20(25(29)33)12-23(30-24(18)19)14-4-6-22(28)21(27)11-14/h3-6,9,11-12,17H,7-8,10,13H2,1-2H3,(H2,29,33)/t17-/m0/s1. The lowest BCUT2D eigenvalue weighted by atomic mass is 10.0. The number of rotatable bonds is 4. The molecule has 0 radical (unpaired) electrons. The van der Waals surface area contributed by atoms with Gasteiger partial charge >= 0.3 is 0 Å². The summed E-state index contributed by atoms with van der Waals surface area (Å²) in [5.41, 5.74) is 10.9. The second kappa shape index (κ2) is 8.49. The number of benzene rings is 2. The number of carbonyl (C=O) groups excluding carboxylic acids is 2. The summed E-state index contributed by atoms with van der Waals surface area (Å²) in [7, 11) is 4.06. The van der Waals surface area contributed by atoms with Gasteiger partial charge in [0.1, 0.15) is 5.82 Å². The second-order valence-electron chi connectivity index (χ2n) is 9.08. The highest BCUT2D eigenvalue weighted by Gasteiger charge is 2.30. The minimum absolute atomic E-state index is 0.00725. The van der Waals surface area contributed by atoms with Crippen LogP contribution in [0.15, 0.2) is 42.5 Å². The predicted octanol–water partition coefficient (Wildman–Crippen LogP) is 3.99. The molecule has 1 aromatic heterocycles. The third-order valence-corrected chi connectivity index (χ3v) is 7.05. The number of nitrogens with zero attached hydrogens (tertiary/aromatic N) is 3. The quantitative estimate of drug-likeness (QED) is 0.481. The number of hydrogen-bond donors (Lipinski definition) is 1. The largest absolute Gasteiger partial charge is 0.366 e. The van der Waals surface area contributed by atoms with Crippen LogP contribution in [-0.4, -0.2) is 59.8 Å². The number of likely N-dealkylation sites (tertiary alicyclic amines) is 1. The van der Waals surface area contributed by atoms with Crippen molar-refractivity contribution < 1.29 is 14.0 Å². The molecule has 8 heteroatoms. The fraction of sp³-hybridized carbons (Fsp3) is 0.269. The molecule has 0 spiro atoms. The van der Waals surface area contributed by atoms with Crippen LogP contribution in [-0.2, 0) is 6.42 Å². The van der Waals surface area contributed by atoms with Crippen molar-refractivity contribution >= 4 is 23.4 Å². The maximum atomic E-state index is 13.7. The number of halogens is 2. The van der Waals surface area contributed by atoms with Crippen LogP contribution in [0, 0.1) is 5.82 Å². The third kappa shape index (κ3) is 3.85. The zero-order valence-electron chi connectivity index (χ0n) is 18.9. The molecule has 34 heavy (non-hydrogen) atoms. The fourth-order valence-electron chi connectivity index (χ4n) is 4.82. The van der Waals surface area contributed by atoms with Gasteiger partial charge in [0.05, 0.1) is 16.4 Å². The van der Waals surface area contributed by atoms with Gasteiger partial charge in [-0.05, 0) is 68.0 Å². The molecule has 2 aromatic carbocycles. The predicted molar refractivity (Wildman–Crippen MR) is 129 cm³/mol. The molecule has 0 bridgehead atoms. The number of nitrogens with two attached hydrogens (primary N) is 1. The Hall–Kier alpha value is -3.29. The van der Waals surface area contributed by atoms with Crippen molar-refractivity contribution in [3.8, 4) is 22.5 Å². The van der Waals surface area contributed by atoms with Crippen molar-refractivity contribution in [1.29, 1.82) is 0 Å². The van der Waals surface area contributed by atoms with Crippen LogP contribution >= 0.6 is 11.6 Å². The molecule has 5 rings (SSSR count). The van der Waals surface area contributed by atoms with Crippen molar-refractivity contribution in [3.05, 3.63) is 75.6 Å². The van der Waals surface area contributed by atoms with Crippen LogP contribution in [0.1, 0.15) is 38.3 Å². The molecule has 1 fully saturated rings. The SMILES string of the molecule is CN(C)[C@H]1CCN(C(=O)c2ccc3c(c2)Cc2c(C(N)=O)cc(-c4ccc(F)c(Cl)c4)nc2-3)C1. The molecular formula is C26H24ClFN4O2. The number of hydrogen-bond acceptors (Lipinski definition) is 4. The van der Waals surface area contributed by atoms with Gasteiger partial charge in [0, 0.05) is 47.8 Å². The molecule has 6 nitrogen and oxygen atoms in total. The Morgan fingerprint density at radius 3 is 2.65 bits per heavy atom. The Bertz CT molecular complexity index is 1340. The summed E-state index contributed by atoms with van der Waals surface area (Å²) >= 11 is 5.96. The van der Waals surface area contributed by atoms with Crippen molar-refractivity contribution in [2.45, 2.75) is 18.9 Å². The third-order valence-electron chi connectivity index (χ3n) is 6.76. The van der Waals surface area contributed by atoms with E-state index in [4.69, 9.17) is 22.3 Å². The fourth-order valence-corrected chi connectivity index (χ4v) is 5.00. The molecule has 2 aliphatic rings. The zero-order valence-corrected chi connectivity index (χ0v) is 19.7. The Morgan fingerprint density at radius 2 is 1.97 bits per heavy atom. The minimum Gasteiger partial charge on any atom is -0.366 e. The minimum atomic E-state index is -0.566. The van der Waals surface area contributed by atoms with Gasteiger partial charge in [-0.15, -0.1) is 0 Å². The normalized spacial score (nSPS) is 16.6. The number of carbonyl (C=O) groups is 2. The number of amides is 2. The molecule has 2 amide bonds. The van der Waals surface area contributed by atoms with Crippen LogP contribution in [0.5, 0.6) is 0 Å². The molecule has 1 aliphatic carbocycles. The molecular weight excluding hydrogens is 455 g/mol. The lowest BCUT2D eigenvalue weighted by molar-refractivity contribution is 0.0782. The first-order chi connectivity index (χ1) is 16.2. The van der Waals surface area contributed by atoms with Gasteiger partial charge in [0.2, 0.25) is 5.91 Å². The summed E-state index contributed by atoms with van der Waals surface area (Å²) in [5.74, 6) is -1.09. The number of pyridine rings is 1. The molecule has 2 N–H and O–H groups in total. The summed E-state index contributed by atoms with van der Waals surface area (Å²) in [6.45, 7) is 1.44. The number of primary amides is 1. The van der Waals surface area contributed by atoms with E-state index in [0.717, 1.165) is 29.7 Å². The van der Waals surface area contributed by atoms with Gasteiger partial charge in [0.15, 0.2) is 0 Å². The first-order valence-electron chi connectivity index (χ1n) is 11.1.